The van der Waals surface area contributed by atoms with Gasteiger partial charge in [-0.25, -0.2) is 14.8 Å². The number of benzene rings is 5. The monoisotopic (exact) mass is 620 g/mol. The van der Waals surface area contributed by atoms with E-state index < -0.39 is 11.9 Å². The number of anilines is 1. The van der Waals surface area contributed by atoms with E-state index in [-0.39, 0.29) is 5.57 Å². The molecule has 1 heterocycles. The molecule has 0 bridgehead atoms. The van der Waals surface area contributed by atoms with Crippen LogP contribution in [-0.2, 0) is 4.79 Å². The summed E-state index contributed by atoms with van der Waals surface area (Å²) in [6.07, 6.45) is 1.45. The number of rotatable bonds is 7. The number of hydrogen-bond donors (Lipinski definition) is 1. The molecule has 0 fully saturated rings. The number of fused-ring (bicyclic) bond motifs is 1. The van der Waals surface area contributed by atoms with E-state index in [2.05, 4.69) is 5.32 Å². The van der Waals surface area contributed by atoms with Crippen LogP contribution in [0.1, 0.15) is 21.5 Å². The molecule has 0 radical (unpaired) electrons. The van der Waals surface area contributed by atoms with Crippen LogP contribution in [0.15, 0.2) is 127 Å². The van der Waals surface area contributed by atoms with E-state index in [1.54, 1.807) is 54.6 Å². The number of ether oxygens (including phenoxy) is 1. The maximum atomic E-state index is 13.1. The van der Waals surface area contributed by atoms with Crippen molar-refractivity contribution in [3.05, 3.63) is 149 Å². The number of amides is 1. The van der Waals surface area contributed by atoms with Crippen LogP contribution < -0.4 is 10.1 Å². The Morgan fingerprint density at radius 3 is 2.02 bits per heavy atom. The van der Waals surface area contributed by atoms with Crippen LogP contribution in [0, 0.1) is 18.3 Å². The molecule has 0 unspecified atom stereocenters. The zero-order valence-corrected chi connectivity index (χ0v) is 25.3. The van der Waals surface area contributed by atoms with E-state index in [1.807, 2.05) is 79.7 Å². The Morgan fingerprint density at radius 2 is 1.41 bits per heavy atom. The summed E-state index contributed by atoms with van der Waals surface area (Å²) in [4.78, 5) is 35.7. The summed E-state index contributed by atoms with van der Waals surface area (Å²) < 4.78 is 5.63. The Balaban J connectivity index is 1.22. The molecule has 7 nitrogen and oxygen atoms in total. The third-order valence-electron chi connectivity index (χ3n) is 7.22. The van der Waals surface area contributed by atoms with E-state index in [4.69, 9.17) is 26.3 Å². The average Bonchev–Trinajstić information content (AvgIpc) is 3.09. The Labute approximate surface area is 270 Å². The third kappa shape index (κ3) is 6.53. The van der Waals surface area contributed by atoms with Crippen LogP contribution in [0.2, 0.25) is 5.02 Å². The van der Waals surface area contributed by atoms with E-state index in [1.165, 1.54) is 6.08 Å². The highest BCUT2D eigenvalue weighted by Crippen LogP contribution is 2.31. The van der Waals surface area contributed by atoms with Crippen LogP contribution in [0.3, 0.4) is 0 Å². The van der Waals surface area contributed by atoms with E-state index in [0.29, 0.717) is 44.3 Å². The van der Waals surface area contributed by atoms with Crippen molar-refractivity contribution in [3.8, 4) is 34.3 Å². The molecule has 0 saturated heterocycles. The zero-order valence-electron chi connectivity index (χ0n) is 24.6. The molecule has 222 valence electrons. The number of para-hydroxylation sites is 1. The van der Waals surface area contributed by atoms with Gasteiger partial charge >= 0.3 is 5.97 Å². The van der Waals surface area contributed by atoms with Crippen LogP contribution in [0.4, 0.5) is 5.69 Å². The van der Waals surface area contributed by atoms with Gasteiger partial charge in [0.05, 0.1) is 38.7 Å². The number of carbonyl (C=O) groups is 2. The van der Waals surface area contributed by atoms with Gasteiger partial charge in [0.1, 0.15) is 17.4 Å². The van der Waals surface area contributed by atoms with Crippen LogP contribution in [0.5, 0.6) is 5.75 Å². The summed E-state index contributed by atoms with van der Waals surface area (Å²) in [5.74, 6) is -0.847. The Bertz CT molecular complexity index is 2140. The van der Waals surface area contributed by atoms with Crippen molar-refractivity contribution in [3.63, 3.8) is 0 Å². The second kappa shape index (κ2) is 13.3. The molecule has 0 saturated carbocycles. The molecule has 1 amide bonds. The minimum Gasteiger partial charge on any atom is -0.423 e. The maximum Gasteiger partial charge on any atom is 0.343 e. The number of aryl methyl sites for hydroxylation is 1. The lowest BCUT2D eigenvalue weighted by Gasteiger charge is -2.11. The molecule has 46 heavy (non-hydrogen) atoms. The van der Waals surface area contributed by atoms with Gasteiger partial charge in [-0.3, -0.25) is 4.79 Å². The molecular formula is C38H25ClN4O3. The average molecular weight is 621 g/mol. The summed E-state index contributed by atoms with van der Waals surface area (Å²) >= 11 is 6.21. The molecule has 1 aromatic heterocycles. The zero-order chi connectivity index (χ0) is 32.0. The first kappa shape index (κ1) is 29.9. The molecule has 5 aromatic carbocycles. The normalized spacial score (nSPS) is 11.1. The lowest BCUT2D eigenvalue weighted by Crippen LogP contribution is -2.14. The molecule has 0 aliphatic carbocycles. The fourth-order valence-electron chi connectivity index (χ4n) is 4.86. The number of nitrogens with one attached hydrogen (secondary N) is 1. The van der Waals surface area contributed by atoms with Crippen molar-refractivity contribution in [2.75, 3.05) is 5.32 Å². The number of carbonyl (C=O) groups excluding carboxylic acids is 2. The van der Waals surface area contributed by atoms with Crippen LogP contribution in [-0.4, -0.2) is 21.8 Å². The van der Waals surface area contributed by atoms with Gasteiger partial charge in [-0.05, 0) is 60.5 Å². The lowest BCUT2D eigenvalue weighted by molar-refractivity contribution is -0.112. The Hall–Kier alpha value is -6.10. The first-order chi connectivity index (χ1) is 22.4. The molecule has 0 spiro atoms. The molecule has 0 aliphatic rings. The Morgan fingerprint density at radius 1 is 0.783 bits per heavy atom. The highest BCUT2D eigenvalue weighted by molar-refractivity contribution is 6.34. The standard InChI is InChI=1S/C38H25ClN4O3/c1-24-9-8-14-31(39)34(24)43-37(44)29(23-40)21-25-15-18-30(19-16-25)46-38(45)28-17-20-32-33(22-28)42-36(27-12-6-3-7-13-27)35(41-32)26-10-4-2-5-11-26/h2-22H,1H3,(H,43,44)/b29-21+. The van der Waals surface area contributed by atoms with Crippen molar-refractivity contribution in [2.24, 2.45) is 0 Å². The summed E-state index contributed by atoms with van der Waals surface area (Å²) in [7, 11) is 0. The predicted octanol–water partition coefficient (Wildman–Crippen LogP) is 8.69. The van der Waals surface area contributed by atoms with Crippen LogP contribution >= 0.6 is 11.6 Å². The number of aromatic nitrogens is 2. The minimum atomic E-state index is -0.583. The van der Waals surface area contributed by atoms with Gasteiger partial charge < -0.3 is 10.1 Å². The number of esters is 1. The van der Waals surface area contributed by atoms with Gasteiger partial charge in [-0.15, -0.1) is 0 Å². The second-order valence-corrected chi connectivity index (χ2v) is 10.8. The predicted molar refractivity (Wildman–Crippen MR) is 180 cm³/mol. The van der Waals surface area contributed by atoms with Gasteiger partial charge in [-0.2, -0.15) is 5.26 Å². The number of hydrogen-bond acceptors (Lipinski definition) is 6. The smallest absolute Gasteiger partial charge is 0.343 e. The molecule has 6 aromatic rings. The summed E-state index contributed by atoms with van der Waals surface area (Å²) in [6, 6.07) is 38.4. The molecule has 8 heteroatoms. The number of nitrogens with zero attached hydrogens (tertiary/aromatic N) is 3. The van der Waals surface area contributed by atoms with Gasteiger partial charge in [0.25, 0.3) is 5.91 Å². The van der Waals surface area contributed by atoms with Crippen molar-refractivity contribution in [1.29, 1.82) is 5.26 Å². The highest BCUT2D eigenvalue weighted by Gasteiger charge is 2.17. The van der Waals surface area contributed by atoms with Gasteiger partial charge in [0.15, 0.2) is 0 Å². The van der Waals surface area contributed by atoms with Crippen molar-refractivity contribution >= 4 is 46.3 Å². The number of halogens is 1. The molecule has 0 aliphatic heterocycles. The lowest BCUT2D eigenvalue weighted by atomic mass is 10.0. The van der Waals surface area contributed by atoms with Crippen LogP contribution in [0.25, 0.3) is 39.6 Å². The highest BCUT2D eigenvalue weighted by atomic mass is 35.5. The number of nitriles is 1. The van der Waals surface area contributed by atoms with Gasteiger partial charge in [-0.1, -0.05) is 96.5 Å². The summed E-state index contributed by atoms with van der Waals surface area (Å²) in [5.41, 5.74) is 6.52. The maximum absolute atomic E-state index is 13.1. The van der Waals surface area contributed by atoms with Gasteiger partial charge in [0.2, 0.25) is 0 Å². The molecular weight excluding hydrogens is 596 g/mol. The van der Waals surface area contributed by atoms with Crippen molar-refractivity contribution < 1.29 is 14.3 Å². The Kier molecular flexibility index (Phi) is 8.64. The second-order valence-electron chi connectivity index (χ2n) is 10.4. The fraction of sp³-hybridized carbons (Fsp3) is 0.0263. The summed E-state index contributed by atoms with van der Waals surface area (Å²) in [5, 5.41) is 12.7. The SMILES string of the molecule is Cc1cccc(Cl)c1NC(=O)/C(C#N)=C/c1ccc(OC(=O)c2ccc3nc(-c4ccccc4)c(-c4ccccc4)nc3c2)cc1. The minimum absolute atomic E-state index is 0.105. The van der Waals surface area contributed by atoms with Gasteiger partial charge in [0, 0.05) is 11.1 Å². The van der Waals surface area contributed by atoms with E-state index >= 15 is 0 Å². The topological polar surface area (TPSA) is 105 Å². The van der Waals surface area contributed by atoms with Crippen molar-refractivity contribution in [1.82, 2.24) is 9.97 Å². The quantitative estimate of drug-likeness (QED) is 0.0828. The van der Waals surface area contributed by atoms with E-state index in [0.717, 1.165) is 22.4 Å². The fourth-order valence-corrected chi connectivity index (χ4v) is 5.13. The summed E-state index contributed by atoms with van der Waals surface area (Å²) in [6.45, 7) is 1.81. The van der Waals surface area contributed by atoms with E-state index in [9.17, 15) is 14.9 Å². The largest absolute Gasteiger partial charge is 0.423 e. The molecule has 1 N–H and O–H groups in total. The molecule has 6 rings (SSSR count). The first-order valence-corrected chi connectivity index (χ1v) is 14.7. The molecule has 0 atom stereocenters. The van der Waals surface area contributed by atoms with Crippen molar-refractivity contribution in [2.45, 2.75) is 6.92 Å². The first-order valence-electron chi connectivity index (χ1n) is 14.3. The third-order valence-corrected chi connectivity index (χ3v) is 7.54.